The second-order valence-corrected chi connectivity index (χ2v) is 17.5. The van der Waals surface area contributed by atoms with Gasteiger partial charge in [-0.25, -0.2) is 17.5 Å². The van der Waals surface area contributed by atoms with Crippen molar-refractivity contribution in [3.05, 3.63) is 129 Å². The number of hydrogen-bond acceptors (Lipinski definition) is 7. The molecule has 1 aliphatic heterocycles. The number of nitrogens with one attached hydrogen (secondary N) is 4. The summed E-state index contributed by atoms with van der Waals surface area (Å²) in [6.07, 6.45) is 1.37. The molecule has 1 atom stereocenters. The smallest absolute Gasteiger partial charge is 0.317 e. The number of carbonyl (C=O) groups is 3. The van der Waals surface area contributed by atoms with Crippen LogP contribution in [-0.4, -0.2) is 73.7 Å². The number of sulfonamides is 1. The zero-order valence-corrected chi connectivity index (χ0v) is 35.8. The Kier molecular flexibility index (Phi) is 14.1. The standard InChI is InChI=1S/C45H57N7O6S/c1-29-30(2)40(31(3)36-24-25-45(4,5)58-39(29)36)59(56,57)52(42(54)38(34-15-10-8-11-16-34)35-17-12-9-13-18-35)37(19-14-26-49-43(46)47)41(53)50-27-32-20-22-33(23-21-32)28-51(7)44(55)48-6/h8-13,15-18,20-23,37-38H,14,19,24-28H2,1-7H3,(H,48,55)(H,50,53)(H4,46,47,49)/t37-/m1/s1. The van der Waals surface area contributed by atoms with Gasteiger partial charge < -0.3 is 31.3 Å². The summed E-state index contributed by atoms with van der Waals surface area (Å²) >= 11 is 0. The predicted molar refractivity (Wildman–Crippen MR) is 230 cm³/mol. The predicted octanol–water partition coefficient (Wildman–Crippen LogP) is 5.78. The molecule has 0 saturated carbocycles. The van der Waals surface area contributed by atoms with E-state index in [0.29, 0.717) is 53.0 Å². The first-order valence-electron chi connectivity index (χ1n) is 19.8. The Morgan fingerprint density at radius 1 is 0.864 bits per heavy atom. The van der Waals surface area contributed by atoms with Crippen molar-refractivity contribution in [1.29, 1.82) is 5.41 Å². The van der Waals surface area contributed by atoms with E-state index in [1.54, 1.807) is 76.5 Å². The van der Waals surface area contributed by atoms with Crippen LogP contribution in [0.5, 0.6) is 5.75 Å². The van der Waals surface area contributed by atoms with Crippen molar-refractivity contribution in [2.75, 3.05) is 20.6 Å². The van der Waals surface area contributed by atoms with Crippen molar-refractivity contribution in [2.24, 2.45) is 5.73 Å². The number of rotatable bonds is 15. The minimum atomic E-state index is -4.77. The molecule has 0 aliphatic carbocycles. The second kappa shape index (κ2) is 18.8. The van der Waals surface area contributed by atoms with E-state index in [9.17, 15) is 9.59 Å². The molecule has 0 radical (unpaired) electrons. The molecule has 14 heteroatoms. The summed E-state index contributed by atoms with van der Waals surface area (Å²) in [6.45, 7) is 9.87. The van der Waals surface area contributed by atoms with E-state index in [1.165, 1.54) is 4.90 Å². The second-order valence-electron chi connectivity index (χ2n) is 15.7. The molecule has 13 nitrogen and oxygen atoms in total. The lowest BCUT2D eigenvalue weighted by molar-refractivity contribution is -0.135. The topological polar surface area (TPSA) is 187 Å². The quantitative estimate of drug-likeness (QED) is 0.0567. The Hall–Kier alpha value is -5.89. The maximum atomic E-state index is 15.7. The molecule has 0 unspecified atom stereocenters. The summed E-state index contributed by atoms with van der Waals surface area (Å²) < 4.78 is 38.6. The normalized spacial score (nSPS) is 13.7. The maximum Gasteiger partial charge on any atom is 0.317 e. The number of nitrogens with zero attached hydrogens (tertiary/aromatic N) is 2. The number of ether oxygens (including phenoxy) is 1. The molecule has 59 heavy (non-hydrogen) atoms. The fraction of sp³-hybridized carbons (Fsp3) is 0.378. The van der Waals surface area contributed by atoms with Crippen LogP contribution in [0.4, 0.5) is 4.79 Å². The largest absolute Gasteiger partial charge is 0.487 e. The molecule has 0 saturated heterocycles. The summed E-state index contributed by atoms with van der Waals surface area (Å²) in [7, 11) is -1.53. The van der Waals surface area contributed by atoms with Crippen LogP contribution >= 0.6 is 0 Å². The van der Waals surface area contributed by atoms with Gasteiger partial charge in [-0.2, -0.15) is 0 Å². The highest BCUT2D eigenvalue weighted by Gasteiger charge is 2.45. The summed E-state index contributed by atoms with van der Waals surface area (Å²) in [5.41, 5.74) is 10.2. The highest BCUT2D eigenvalue weighted by atomic mass is 32.2. The van der Waals surface area contributed by atoms with Gasteiger partial charge in [0.25, 0.3) is 10.0 Å². The van der Waals surface area contributed by atoms with Gasteiger partial charge in [-0.1, -0.05) is 84.9 Å². The van der Waals surface area contributed by atoms with Crippen molar-refractivity contribution in [3.8, 4) is 5.75 Å². The van der Waals surface area contributed by atoms with Crippen LogP contribution in [0.2, 0.25) is 0 Å². The van der Waals surface area contributed by atoms with Crippen LogP contribution in [-0.2, 0) is 39.1 Å². The Labute approximate surface area is 348 Å². The Bertz CT molecular complexity index is 2230. The van der Waals surface area contributed by atoms with Gasteiger partial charge in [0, 0.05) is 33.7 Å². The monoisotopic (exact) mass is 823 g/mol. The molecular weight excluding hydrogens is 767 g/mol. The Balaban J connectivity index is 1.64. The number of nitrogens with two attached hydrogens (primary N) is 1. The number of urea groups is 1. The first kappa shape index (κ1) is 44.2. The first-order valence-corrected chi connectivity index (χ1v) is 21.3. The molecule has 5 rings (SSSR count). The van der Waals surface area contributed by atoms with Gasteiger partial charge in [0.15, 0.2) is 5.96 Å². The van der Waals surface area contributed by atoms with E-state index in [1.807, 2.05) is 57.2 Å². The average Bonchev–Trinajstić information content (AvgIpc) is 3.20. The van der Waals surface area contributed by atoms with Crippen LogP contribution in [0.15, 0.2) is 89.8 Å². The number of guanidine groups is 1. The van der Waals surface area contributed by atoms with Gasteiger partial charge in [-0.05, 0) is 105 Å². The summed E-state index contributed by atoms with van der Waals surface area (Å²) in [4.78, 5) is 43.8. The third-order valence-corrected chi connectivity index (χ3v) is 13.0. The van der Waals surface area contributed by atoms with Crippen LogP contribution in [0.1, 0.15) is 83.5 Å². The SMILES string of the molecule is CNC(=O)N(C)Cc1ccc(CNC(=O)[C@@H](CCCNC(=N)N)N(C(=O)C(c2ccccc2)c2ccccc2)S(=O)(=O)c2c(C)c(C)c3c(c2C)CCC(C)(C)O3)cc1. The van der Waals surface area contributed by atoms with Crippen LogP contribution in [0.3, 0.4) is 0 Å². The fourth-order valence-corrected chi connectivity index (χ4v) is 9.77. The molecular formula is C45H57N7O6S. The third kappa shape index (κ3) is 10.2. The average molecular weight is 824 g/mol. The molecule has 1 heterocycles. The van der Waals surface area contributed by atoms with Crippen LogP contribution in [0.25, 0.3) is 0 Å². The number of fused-ring (bicyclic) bond motifs is 1. The molecule has 0 bridgehead atoms. The zero-order valence-electron chi connectivity index (χ0n) is 35.0. The number of hydrogen-bond donors (Lipinski definition) is 5. The molecule has 314 valence electrons. The Morgan fingerprint density at radius 2 is 1.44 bits per heavy atom. The van der Waals surface area contributed by atoms with E-state index in [4.69, 9.17) is 15.9 Å². The van der Waals surface area contributed by atoms with Gasteiger partial charge in [0.1, 0.15) is 17.4 Å². The maximum absolute atomic E-state index is 15.7. The van der Waals surface area contributed by atoms with Gasteiger partial charge in [-0.3, -0.25) is 15.0 Å². The van der Waals surface area contributed by atoms with Crippen LogP contribution < -0.4 is 26.4 Å². The van der Waals surface area contributed by atoms with Gasteiger partial charge in [-0.15, -0.1) is 0 Å². The summed E-state index contributed by atoms with van der Waals surface area (Å²) in [5.74, 6) is -2.15. The Morgan fingerprint density at radius 3 is 2.00 bits per heavy atom. The fourth-order valence-electron chi connectivity index (χ4n) is 7.65. The minimum Gasteiger partial charge on any atom is -0.487 e. The molecule has 0 spiro atoms. The lowest BCUT2D eigenvalue weighted by Gasteiger charge is -2.37. The molecule has 4 amide bonds. The van der Waals surface area contributed by atoms with E-state index < -0.39 is 39.4 Å². The zero-order chi connectivity index (χ0) is 43.1. The summed E-state index contributed by atoms with van der Waals surface area (Å²) in [5, 5.41) is 16.0. The minimum absolute atomic E-state index is 0.0257. The first-order chi connectivity index (χ1) is 28.0. The van der Waals surface area contributed by atoms with E-state index in [-0.39, 0.29) is 42.8 Å². The molecule has 4 aromatic carbocycles. The lowest BCUT2D eigenvalue weighted by atomic mass is 9.88. The number of carbonyl (C=O) groups excluding carboxylic acids is 3. The van der Waals surface area contributed by atoms with Crippen molar-refractivity contribution < 1.29 is 27.5 Å². The summed E-state index contributed by atoms with van der Waals surface area (Å²) in [6, 6.07) is 23.6. The van der Waals surface area contributed by atoms with Crippen molar-refractivity contribution >= 4 is 33.8 Å². The molecule has 1 aliphatic rings. The van der Waals surface area contributed by atoms with Gasteiger partial charge in [0.2, 0.25) is 11.8 Å². The van der Waals surface area contributed by atoms with E-state index in [2.05, 4.69) is 16.0 Å². The molecule has 0 aromatic heterocycles. The van der Waals surface area contributed by atoms with Crippen molar-refractivity contribution in [3.63, 3.8) is 0 Å². The van der Waals surface area contributed by atoms with E-state index in [0.717, 1.165) is 21.0 Å². The van der Waals surface area contributed by atoms with Gasteiger partial charge in [0.05, 0.1) is 10.8 Å². The van der Waals surface area contributed by atoms with Crippen LogP contribution in [0, 0.1) is 26.2 Å². The van der Waals surface area contributed by atoms with Crippen molar-refractivity contribution in [1.82, 2.24) is 25.2 Å². The highest BCUT2D eigenvalue weighted by molar-refractivity contribution is 7.89. The third-order valence-electron chi connectivity index (χ3n) is 10.9. The number of amides is 4. The number of benzene rings is 4. The highest BCUT2D eigenvalue weighted by Crippen LogP contribution is 2.44. The van der Waals surface area contributed by atoms with Gasteiger partial charge >= 0.3 is 6.03 Å². The van der Waals surface area contributed by atoms with E-state index >= 15 is 13.2 Å². The van der Waals surface area contributed by atoms with Crippen molar-refractivity contribution in [2.45, 2.75) is 95.8 Å². The molecule has 4 aromatic rings. The molecule has 6 N–H and O–H groups in total. The molecule has 0 fully saturated rings. The lowest BCUT2D eigenvalue weighted by Crippen LogP contribution is -2.54.